The number of rotatable bonds is 6. The first-order valence-electron chi connectivity index (χ1n) is 8.54. The zero-order chi connectivity index (χ0) is 21.1. The number of nitrogens with one attached hydrogen (secondary N) is 1. The molecule has 1 heterocycles. The molecule has 2 aromatic carbocycles. The highest BCUT2D eigenvalue weighted by Gasteiger charge is 2.21. The summed E-state index contributed by atoms with van der Waals surface area (Å²) in [5.41, 5.74) is 2.96. The molecule has 3 rings (SSSR count). The van der Waals surface area contributed by atoms with Crippen molar-refractivity contribution in [1.29, 1.82) is 0 Å². The fourth-order valence-corrected chi connectivity index (χ4v) is 3.50. The van der Waals surface area contributed by atoms with E-state index < -0.39 is 10.2 Å². The van der Waals surface area contributed by atoms with Crippen LogP contribution in [-0.2, 0) is 4.79 Å². The third-order valence-electron chi connectivity index (χ3n) is 4.32. The van der Waals surface area contributed by atoms with E-state index in [4.69, 9.17) is 11.6 Å². The molecule has 1 unspecified atom stereocenters. The van der Waals surface area contributed by atoms with Crippen LogP contribution in [0.3, 0.4) is 0 Å². The minimum atomic E-state index is -0.583. The third-order valence-corrected chi connectivity index (χ3v) is 5.68. The van der Waals surface area contributed by atoms with Crippen molar-refractivity contribution in [2.24, 2.45) is 0 Å². The Balaban J connectivity index is 1.78. The molecule has 0 bridgehead atoms. The molecule has 1 N–H and O–H groups in total. The number of amides is 1. The van der Waals surface area contributed by atoms with E-state index in [9.17, 15) is 14.9 Å². The number of nitrogens with zero attached hydrogens (tertiary/aromatic N) is 5. The van der Waals surface area contributed by atoms with E-state index in [1.807, 2.05) is 32.0 Å². The summed E-state index contributed by atoms with van der Waals surface area (Å²) in [5.74, 6) is -0.382. The highest BCUT2D eigenvalue weighted by atomic mass is 35.5. The average Bonchev–Trinajstić information content (AvgIpc) is 3.13. The van der Waals surface area contributed by atoms with Gasteiger partial charge in [0.1, 0.15) is 0 Å². The van der Waals surface area contributed by atoms with Crippen LogP contribution in [0, 0.1) is 24.0 Å². The van der Waals surface area contributed by atoms with Gasteiger partial charge in [-0.25, -0.2) is 0 Å². The SMILES string of the molecule is Cc1cccc(-n2nnnc2SC(C)C(=O)Nc2cc([N+](=O)[O-])ccc2Cl)c1C. The number of anilines is 1. The Morgan fingerprint density at radius 3 is 2.79 bits per heavy atom. The zero-order valence-corrected chi connectivity index (χ0v) is 17.4. The number of thioether (sulfide) groups is 1. The fourth-order valence-electron chi connectivity index (χ4n) is 2.54. The van der Waals surface area contributed by atoms with Crippen molar-refractivity contribution in [2.45, 2.75) is 31.2 Å². The Morgan fingerprint density at radius 1 is 1.31 bits per heavy atom. The largest absolute Gasteiger partial charge is 0.324 e. The third kappa shape index (κ3) is 4.54. The number of carbonyl (C=O) groups excluding carboxylic acids is 1. The Bertz CT molecular complexity index is 1090. The second-order valence-electron chi connectivity index (χ2n) is 6.26. The Kier molecular flexibility index (Phi) is 6.14. The summed E-state index contributed by atoms with van der Waals surface area (Å²) in [6.07, 6.45) is 0. The molecule has 9 nitrogen and oxygen atoms in total. The van der Waals surface area contributed by atoms with Gasteiger partial charge in [-0.15, -0.1) is 5.10 Å². The summed E-state index contributed by atoms with van der Waals surface area (Å²) >= 11 is 7.22. The number of hydrogen-bond acceptors (Lipinski definition) is 7. The summed E-state index contributed by atoms with van der Waals surface area (Å²) < 4.78 is 1.58. The number of benzene rings is 2. The van der Waals surface area contributed by atoms with Crippen LogP contribution in [0.15, 0.2) is 41.6 Å². The molecule has 1 amide bonds. The van der Waals surface area contributed by atoms with Gasteiger partial charge in [-0.05, 0) is 54.5 Å². The van der Waals surface area contributed by atoms with Crippen molar-refractivity contribution in [3.05, 3.63) is 62.7 Å². The van der Waals surface area contributed by atoms with Gasteiger partial charge in [-0.1, -0.05) is 35.5 Å². The van der Waals surface area contributed by atoms with Gasteiger partial charge in [0, 0.05) is 12.1 Å². The summed E-state index contributed by atoms with van der Waals surface area (Å²) in [5, 5.41) is 25.4. The van der Waals surface area contributed by atoms with Gasteiger partial charge in [-0.2, -0.15) is 4.68 Å². The van der Waals surface area contributed by atoms with E-state index in [1.165, 1.54) is 30.0 Å². The molecular weight excluding hydrogens is 416 g/mol. The van der Waals surface area contributed by atoms with Gasteiger partial charge in [-0.3, -0.25) is 14.9 Å². The van der Waals surface area contributed by atoms with Gasteiger partial charge in [0.2, 0.25) is 11.1 Å². The maximum Gasteiger partial charge on any atom is 0.271 e. The Morgan fingerprint density at radius 2 is 2.07 bits per heavy atom. The number of non-ortho nitro benzene ring substituents is 1. The summed E-state index contributed by atoms with van der Waals surface area (Å²) in [6, 6.07) is 9.67. The number of carbonyl (C=O) groups is 1. The van der Waals surface area contributed by atoms with Gasteiger partial charge in [0.25, 0.3) is 5.69 Å². The molecule has 1 aromatic heterocycles. The molecular formula is C18H17ClN6O3S. The number of halogens is 1. The number of nitro groups is 1. The van der Waals surface area contributed by atoms with E-state index in [0.717, 1.165) is 16.8 Å². The van der Waals surface area contributed by atoms with E-state index in [-0.39, 0.29) is 22.3 Å². The summed E-state index contributed by atoms with van der Waals surface area (Å²) in [7, 11) is 0. The van der Waals surface area contributed by atoms with E-state index >= 15 is 0 Å². The molecule has 11 heteroatoms. The monoisotopic (exact) mass is 432 g/mol. The maximum absolute atomic E-state index is 12.6. The predicted octanol–water partition coefficient (Wildman–Crippen LogP) is 3.96. The quantitative estimate of drug-likeness (QED) is 0.356. The molecule has 0 aliphatic rings. The van der Waals surface area contributed by atoms with E-state index in [2.05, 4.69) is 20.8 Å². The van der Waals surface area contributed by atoms with Crippen LogP contribution in [0.25, 0.3) is 5.69 Å². The first-order valence-corrected chi connectivity index (χ1v) is 9.80. The molecule has 1 atom stereocenters. The molecule has 150 valence electrons. The first-order chi connectivity index (χ1) is 13.8. The zero-order valence-electron chi connectivity index (χ0n) is 15.8. The summed E-state index contributed by atoms with van der Waals surface area (Å²) in [4.78, 5) is 23.0. The lowest BCUT2D eigenvalue weighted by atomic mass is 10.1. The number of aryl methyl sites for hydroxylation is 1. The number of tetrazole rings is 1. The second-order valence-corrected chi connectivity index (χ2v) is 7.98. The Hall–Kier alpha value is -2.98. The van der Waals surface area contributed by atoms with Crippen LogP contribution < -0.4 is 5.32 Å². The van der Waals surface area contributed by atoms with Crippen LogP contribution in [-0.4, -0.2) is 36.3 Å². The topological polar surface area (TPSA) is 116 Å². The van der Waals surface area contributed by atoms with Crippen molar-refractivity contribution >= 4 is 40.6 Å². The second kappa shape index (κ2) is 8.58. The number of aromatic nitrogens is 4. The molecule has 0 radical (unpaired) electrons. The van der Waals surface area contributed by atoms with Crippen molar-refractivity contribution in [1.82, 2.24) is 20.2 Å². The maximum atomic E-state index is 12.6. The van der Waals surface area contributed by atoms with Crippen molar-refractivity contribution in [3.63, 3.8) is 0 Å². The van der Waals surface area contributed by atoms with Crippen LogP contribution in [0.2, 0.25) is 5.02 Å². The van der Waals surface area contributed by atoms with Crippen LogP contribution >= 0.6 is 23.4 Å². The summed E-state index contributed by atoms with van der Waals surface area (Å²) in [6.45, 7) is 5.66. The van der Waals surface area contributed by atoms with Crippen molar-refractivity contribution in [3.8, 4) is 5.69 Å². The van der Waals surface area contributed by atoms with E-state index in [1.54, 1.807) is 11.6 Å². The standard InChI is InChI=1S/C18H17ClN6O3S/c1-10-5-4-6-16(11(10)2)24-18(21-22-23-24)29-12(3)17(26)20-15-9-13(25(27)28)7-8-14(15)19/h4-9,12H,1-3H3,(H,20,26). The lowest BCUT2D eigenvalue weighted by molar-refractivity contribution is -0.384. The van der Waals surface area contributed by atoms with Crippen LogP contribution in [0.5, 0.6) is 0 Å². The first kappa shape index (κ1) is 20.7. The molecule has 0 aliphatic carbocycles. The van der Waals surface area contributed by atoms with Crippen LogP contribution in [0.4, 0.5) is 11.4 Å². The molecule has 3 aromatic rings. The molecule has 0 aliphatic heterocycles. The lowest BCUT2D eigenvalue weighted by Crippen LogP contribution is -2.23. The normalized spacial score (nSPS) is 11.9. The average molecular weight is 433 g/mol. The molecule has 0 spiro atoms. The van der Waals surface area contributed by atoms with Gasteiger partial charge < -0.3 is 5.32 Å². The molecule has 29 heavy (non-hydrogen) atoms. The van der Waals surface area contributed by atoms with Gasteiger partial charge >= 0.3 is 0 Å². The fraction of sp³-hybridized carbons (Fsp3) is 0.222. The van der Waals surface area contributed by atoms with Gasteiger partial charge in [0.15, 0.2) is 0 Å². The Labute approximate surface area is 175 Å². The predicted molar refractivity (Wildman–Crippen MR) is 111 cm³/mol. The van der Waals surface area contributed by atoms with Crippen molar-refractivity contribution < 1.29 is 9.72 Å². The number of nitro benzene ring substituents is 1. The van der Waals surface area contributed by atoms with Crippen molar-refractivity contribution in [2.75, 3.05) is 5.32 Å². The molecule has 0 saturated heterocycles. The molecule has 0 fully saturated rings. The smallest absolute Gasteiger partial charge is 0.271 e. The lowest BCUT2D eigenvalue weighted by Gasteiger charge is -2.13. The minimum Gasteiger partial charge on any atom is -0.324 e. The number of hydrogen-bond donors (Lipinski definition) is 1. The molecule has 0 saturated carbocycles. The van der Waals surface area contributed by atoms with Gasteiger partial charge in [0.05, 0.1) is 26.6 Å². The van der Waals surface area contributed by atoms with E-state index in [0.29, 0.717) is 5.16 Å². The minimum absolute atomic E-state index is 0.163. The van der Waals surface area contributed by atoms with Crippen LogP contribution in [0.1, 0.15) is 18.1 Å². The highest BCUT2D eigenvalue weighted by Crippen LogP contribution is 2.29. The highest BCUT2D eigenvalue weighted by molar-refractivity contribution is 8.00.